The van der Waals surface area contributed by atoms with Gasteiger partial charge in [0.2, 0.25) is 11.7 Å². The van der Waals surface area contributed by atoms with Crippen LogP contribution in [-0.2, 0) is 0 Å². The lowest BCUT2D eigenvalue weighted by molar-refractivity contribution is 0.0954. The topological polar surface area (TPSA) is 143 Å². The van der Waals surface area contributed by atoms with Crippen molar-refractivity contribution in [2.75, 3.05) is 7.11 Å². The Labute approximate surface area is 96.5 Å². The quantitative estimate of drug-likeness (QED) is 0.199. The van der Waals surface area contributed by atoms with Gasteiger partial charge in [0.25, 0.3) is 5.91 Å². The van der Waals surface area contributed by atoms with Gasteiger partial charge in [0.05, 0.1) is 7.11 Å². The fourth-order valence-electron chi connectivity index (χ4n) is 1.06. The number of guanidine groups is 1. The minimum atomic E-state index is -0.660. The molecule has 92 valence electrons. The van der Waals surface area contributed by atoms with E-state index in [0.29, 0.717) is 0 Å². The molecule has 1 aromatic rings. The molecule has 0 radical (unpaired) electrons. The van der Waals surface area contributed by atoms with Gasteiger partial charge in [-0.3, -0.25) is 4.79 Å². The van der Waals surface area contributed by atoms with Crippen LogP contribution in [-0.4, -0.2) is 29.2 Å². The van der Waals surface area contributed by atoms with E-state index >= 15 is 0 Å². The second-order valence-corrected chi connectivity index (χ2v) is 3.02. The number of hydrazone groups is 1. The van der Waals surface area contributed by atoms with Gasteiger partial charge in [0, 0.05) is 5.56 Å². The first-order valence-corrected chi connectivity index (χ1v) is 4.44. The maximum Gasteiger partial charge on any atom is 0.271 e. The highest BCUT2D eigenvalue weighted by Crippen LogP contribution is 2.36. The number of nitrogens with one attached hydrogen (secondary N) is 1. The number of nitrogens with two attached hydrogens (primary N) is 2. The Hall–Kier alpha value is -2.64. The van der Waals surface area contributed by atoms with Crippen molar-refractivity contribution in [2.24, 2.45) is 16.6 Å². The van der Waals surface area contributed by atoms with Crippen molar-refractivity contribution in [3.8, 4) is 17.2 Å². The van der Waals surface area contributed by atoms with Crippen molar-refractivity contribution in [1.29, 1.82) is 0 Å². The lowest BCUT2D eigenvalue weighted by atomic mass is 10.2. The number of rotatable bonds is 3. The van der Waals surface area contributed by atoms with E-state index in [1.54, 1.807) is 0 Å². The van der Waals surface area contributed by atoms with Crippen LogP contribution < -0.4 is 21.6 Å². The lowest BCUT2D eigenvalue weighted by Crippen LogP contribution is -2.29. The number of phenols is 2. The van der Waals surface area contributed by atoms with Crippen molar-refractivity contribution in [3.05, 3.63) is 17.7 Å². The zero-order valence-electron chi connectivity index (χ0n) is 8.97. The molecule has 1 amide bonds. The number of hydrogen-bond donors (Lipinski definition) is 5. The number of carbonyl (C=O) groups excluding carboxylic acids is 1. The molecule has 17 heavy (non-hydrogen) atoms. The molecule has 0 saturated heterocycles. The molecule has 0 aliphatic rings. The molecule has 0 aromatic heterocycles. The summed E-state index contributed by atoms with van der Waals surface area (Å²) < 4.78 is 4.77. The van der Waals surface area contributed by atoms with Crippen LogP contribution in [0.5, 0.6) is 17.2 Å². The van der Waals surface area contributed by atoms with E-state index in [-0.39, 0.29) is 17.3 Å². The van der Waals surface area contributed by atoms with Crippen LogP contribution in [0.1, 0.15) is 10.4 Å². The molecule has 0 fully saturated rings. The summed E-state index contributed by atoms with van der Waals surface area (Å²) >= 11 is 0. The van der Waals surface area contributed by atoms with Gasteiger partial charge in [-0.2, -0.15) is 0 Å². The maximum atomic E-state index is 11.5. The number of ether oxygens (including phenoxy) is 1. The van der Waals surface area contributed by atoms with Crippen molar-refractivity contribution in [2.45, 2.75) is 0 Å². The van der Waals surface area contributed by atoms with Gasteiger partial charge in [-0.15, -0.1) is 5.10 Å². The Balaban J connectivity index is 3.03. The largest absolute Gasteiger partial charge is 0.504 e. The molecule has 1 rings (SSSR count). The number of benzene rings is 1. The number of amides is 1. The van der Waals surface area contributed by atoms with E-state index in [4.69, 9.17) is 16.2 Å². The predicted molar refractivity (Wildman–Crippen MR) is 59.6 cm³/mol. The SMILES string of the molecule is COc1cc(C(=O)NN=C(N)N)cc(O)c1O. The standard InChI is InChI=1S/C9H12N4O4/c1-17-6-3-4(2-5(14)7(6)15)8(16)12-13-9(10)11/h2-3,14-15H,1H3,(H,12,16)(H4,10,11,13). The summed E-state index contributed by atoms with van der Waals surface area (Å²) in [6, 6.07) is 2.28. The summed E-state index contributed by atoms with van der Waals surface area (Å²) in [5, 5.41) is 22.0. The number of hydrogen-bond acceptors (Lipinski definition) is 5. The van der Waals surface area contributed by atoms with Crippen molar-refractivity contribution in [1.82, 2.24) is 5.43 Å². The molecule has 8 nitrogen and oxygen atoms in total. The summed E-state index contributed by atoms with van der Waals surface area (Å²) in [5.41, 5.74) is 12.1. The van der Waals surface area contributed by atoms with Crippen LogP contribution in [0, 0.1) is 0 Å². The Morgan fingerprint density at radius 2 is 2.06 bits per heavy atom. The number of nitrogens with zero attached hydrogens (tertiary/aromatic N) is 1. The minimum Gasteiger partial charge on any atom is -0.504 e. The number of aromatic hydroxyl groups is 2. The van der Waals surface area contributed by atoms with Gasteiger partial charge in [-0.25, -0.2) is 5.43 Å². The van der Waals surface area contributed by atoms with Crippen molar-refractivity contribution >= 4 is 11.9 Å². The van der Waals surface area contributed by atoms with Gasteiger partial charge >= 0.3 is 0 Å². The normalized spacial score (nSPS) is 9.47. The molecular weight excluding hydrogens is 228 g/mol. The zero-order valence-corrected chi connectivity index (χ0v) is 8.97. The Kier molecular flexibility index (Phi) is 3.60. The fourth-order valence-corrected chi connectivity index (χ4v) is 1.06. The predicted octanol–water partition coefficient (Wildman–Crippen LogP) is -0.975. The molecular formula is C9H12N4O4. The van der Waals surface area contributed by atoms with Crippen LogP contribution in [0.2, 0.25) is 0 Å². The van der Waals surface area contributed by atoms with Crippen LogP contribution >= 0.6 is 0 Å². The third-order valence-electron chi connectivity index (χ3n) is 1.82. The number of carbonyl (C=O) groups is 1. The van der Waals surface area contributed by atoms with Crippen LogP contribution in [0.25, 0.3) is 0 Å². The Bertz CT molecular complexity index is 468. The molecule has 7 N–H and O–H groups in total. The molecule has 0 heterocycles. The van der Waals surface area contributed by atoms with Crippen LogP contribution in [0.4, 0.5) is 0 Å². The van der Waals surface area contributed by atoms with E-state index in [2.05, 4.69) is 5.10 Å². The smallest absolute Gasteiger partial charge is 0.271 e. The summed E-state index contributed by atoms with van der Waals surface area (Å²) in [4.78, 5) is 11.5. The lowest BCUT2D eigenvalue weighted by Gasteiger charge is -2.07. The fraction of sp³-hybridized carbons (Fsp3) is 0.111. The first kappa shape index (κ1) is 12.4. The second kappa shape index (κ2) is 4.92. The Morgan fingerprint density at radius 3 is 2.59 bits per heavy atom. The molecule has 0 atom stereocenters. The summed E-state index contributed by atoms with van der Waals surface area (Å²) in [6.07, 6.45) is 0. The minimum absolute atomic E-state index is 0.0298. The van der Waals surface area contributed by atoms with E-state index in [1.807, 2.05) is 5.43 Å². The number of methoxy groups -OCH3 is 1. The molecule has 0 aliphatic carbocycles. The molecule has 0 saturated carbocycles. The first-order chi connectivity index (χ1) is 7.95. The molecule has 0 bridgehead atoms. The second-order valence-electron chi connectivity index (χ2n) is 3.02. The zero-order chi connectivity index (χ0) is 13.0. The molecule has 0 unspecified atom stereocenters. The van der Waals surface area contributed by atoms with E-state index in [0.717, 1.165) is 6.07 Å². The third-order valence-corrected chi connectivity index (χ3v) is 1.82. The van der Waals surface area contributed by atoms with Gasteiger partial charge in [0.15, 0.2) is 11.5 Å². The van der Waals surface area contributed by atoms with E-state index in [1.165, 1.54) is 13.2 Å². The molecule has 1 aromatic carbocycles. The molecule has 0 aliphatic heterocycles. The van der Waals surface area contributed by atoms with Gasteiger partial charge in [-0.1, -0.05) is 0 Å². The van der Waals surface area contributed by atoms with Crippen LogP contribution in [0.15, 0.2) is 17.2 Å². The highest BCUT2D eigenvalue weighted by Gasteiger charge is 2.14. The first-order valence-electron chi connectivity index (χ1n) is 4.44. The van der Waals surface area contributed by atoms with Gasteiger partial charge in [-0.05, 0) is 12.1 Å². The van der Waals surface area contributed by atoms with Crippen LogP contribution in [0.3, 0.4) is 0 Å². The highest BCUT2D eigenvalue weighted by atomic mass is 16.5. The summed E-state index contributed by atoms with van der Waals surface area (Å²) in [5.74, 6) is -1.95. The van der Waals surface area contributed by atoms with E-state index in [9.17, 15) is 15.0 Å². The average molecular weight is 240 g/mol. The Morgan fingerprint density at radius 1 is 1.41 bits per heavy atom. The van der Waals surface area contributed by atoms with Gasteiger partial charge < -0.3 is 26.4 Å². The van der Waals surface area contributed by atoms with E-state index < -0.39 is 17.4 Å². The van der Waals surface area contributed by atoms with Gasteiger partial charge in [0.1, 0.15) is 0 Å². The van der Waals surface area contributed by atoms with Crippen molar-refractivity contribution in [3.63, 3.8) is 0 Å². The molecule has 8 heteroatoms. The number of phenolic OH excluding ortho intramolecular Hbond substituents is 2. The summed E-state index contributed by atoms with van der Waals surface area (Å²) in [7, 11) is 1.28. The monoisotopic (exact) mass is 240 g/mol. The third kappa shape index (κ3) is 2.91. The maximum absolute atomic E-state index is 11.5. The average Bonchev–Trinajstić information content (AvgIpc) is 2.29. The summed E-state index contributed by atoms with van der Waals surface area (Å²) in [6.45, 7) is 0. The highest BCUT2D eigenvalue weighted by molar-refractivity contribution is 5.96. The van der Waals surface area contributed by atoms with Crippen molar-refractivity contribution < 1.29 is 19.7 Å². The molecule has 0 spiro atoms.